The van der Waals surface area contributed by atoms with Crippen LogP contribution in [-0.2, 0) is 13.0 Å². The molecule has 0 saturated carbocycles. The molecule has 2 aromatic rings. The van der Waals surface area contributed by atoms with Crippen molar-refractivity contribution in [2.75, 3.05) is 0 Å². The topological polar surface area (TPSA) is 71.9 Å². The van der Waals surface area contributed by atoms with Crippen molar-refractivity contribution in [3.63, 3.8) is 0 Å². The van der Waals surface area contributed by atoms with Gasteiger partial charge in [-0.05, 0) is 24.1 Å². The van der Waals surface area contributed by atoms with E-state index in [1.165, 1.54) is 12.1 Å². The molecule has 18 heavy (non-hydrogen) atoms. The average molecular weight is 241 g/mol. The smallest absolute Gasteiger partial charge is 0.269 e. The Balaban J connectivity index is 2.03. The van der Waals surface area contributed by atoms with Crippen molar-refractivity contribution in [1.29, 1.82) is 5.26 Å². The molecule has 0 aliphatic rings. The van der Waals surface area contributed by atoms with Crippen LogP contribution in [0, 0.1) is 21.4 Å². The van der Waals surface area contributed by atoms with Gasteiger partial charge in [0.15, 0.2) is 0 Å². The molecule has 0 aliphatic heterocycles. The van der Waals surface area contributed by atoms with Crippen molar-refractivity contribution >= 4 is 5.69 Å². The van der Waals surface area contributed by atoms with Crippen LogP contribution in [0.1, 0.15) is 11.3 Å². The van der Waals surface area contributed by atoms with Crippen LogP contribution < -0.4 is 0 Å². The minimum absolute atomic E-state index is 0.0948. The molecule has 0 amide bonds. The minimum Gasteiger partial charge on any atom is -0.339 e. The van der Waals surface area contributed by atoms with Crippen molar-refractivity contribution < 1.29 is 4.92 Å². The second-order valence-electron chi connectivity index (χ2n) is 3.87. The molecule has 90 valence electrons. The molecule has 2 rings (SSSR count). The number of aryl methyl sites for hydroxylation is 2. The van der Waals surface area contributed by atoms with E-state index in [2.05, 4.69) is 6.07 Å². The lowest BCUT2D eigenvalue weighted by Crippen LogP contribution is -2.02. The molecule has 5 heteroatoms. The molecule has 0 unspecified atom stereocenters. The van der Waals surface area contributed by atoms with E-state index in [1.807, 2.05) is 16.8 Å². The van der Waals surface area contributed by atoms with Gasteiger partial charge in [0.05, 0.1) is 4.92 Å². The van der Waals surface area contributed by atoms with Crippen molar-refractivity contribution in [2.45, 2.75) is 13.0 Å². The highest BCUT2D eigenvalue weighted by Crippen LogP contribution is 2.13. The van der Waals surface area contributed by atoms with Crippen LogP contribution in [0.3, 0.4) is 0 Å². The molecule has 1 aromatic carbocycles. The molecule has 0 atom stereocenters. The van der Waals surface area contributed by atoms with Crippen LogP contribution in [0.4, 0.5) is 5.69 Å². The summed E-state index contributed by atoms with van der Waals surface area (Å²) in [7, 11) is 0. The highest BCUT2D eigenvalue weighted by atomic mass is 16.6. The number of hydrogen-bond acceptors (Lipinski definition) is 3. The first-order chi connectivity index (χ1) is 8.70. The maximum absolute atomic E-state index is 10.5. The van der Waals surface area contributed by atoms with E-state index in [9.17, 15) is 10.1 Å². The van der Waals surface area contributed by atoms with Crippen LogP contribution in [0.5, 0.6) is 0 Å². The van der Waals surface area contributed by atoms with Crippen LogP contribution in [0.25, 0.3) is 0 Å². The minimum atomic E-state index is -0.413. The average Bonchev–Trinajstić information content (AvgIpc) is 2.84. The van der Waals surface area contributed by atoms with Gasteiger partial charge in [0.2, 0.25) is 0 Å². The van der Waals surface area contributed by atoms with Gasteiger partial charge in [-0.2, -0.15) is 5.26 Å². The Morgan fingerprint density at radius 1 is 1.28 bits per heavy atom. The molecule has 1 aromatic heterocycles. The van der Waals surface area contributed by atoms with Crippen molar-refractivity contribution in [2.24, 2.45) is 0 Å². The molecular formula is C13H11N3O2. The molecule has 0 aliphatic carbocycles. The Kier molecular flexibility index (Phi) is 3.39. The maximum Gasteiger partial charge on any atom is 0.269 e. The van der Waals surface area contributed by atoms with Crippen LogP contribution >= 0.6 is 0 Å². The lowest BCUT2D eigenvalue weighted by molar-refractivity contribution is -0.384. The number of nitrogens with zero attached hydrogens (tertiary/aromatic N) is 3. The number of hydrogen-bond donors (Lipinski definition) is 0. The molecule has 1 heterocycles. The van der Waals surface area contributed by atoms with Gasteiger partial charge < -0.3 is 4.57 Å². The quantitative estimate of drug-likeness (QED) is 0.609. The van der Waals surface area contributed by atoms with Crippen molar-refractivity contribution in [3.05, 3.63) is 64.0 Å². The van der Waals surface area contributed by atoms with E-state index in [1.54, 1.807) is 18.2 Å². The third-order valence-corrected chi connectivity index (χ3v) is 2.73. The van der Waals surface area contributed by atoms with E-state index in [-0.39, 0.29) is 5.69 Å². The normalized spacial score (nSPS) is 9.94. The van der Waals surface area contributed by atoms with Crippen molar-refractivity contribution in [1.82, 2.24) is 4.57 Å². The molecule has 0 saturated heterocycles. The molecule has 0 fully saturated rings. The standard InChI is InChI=1S/C13H11N3O2/c14-10-13-2-1-8-15(13)9-7-11-3-5-12(6-4-11)16(17)18/h1-6,8H,7,9H2. The van der Waals surface area contributed by atoms with Gasteiger partial charge in [0, 0.05) is 24.9 Å². The predicted molar refractivity (Wildman–Crippen MR) is 65.9 cm³/mol. The number of nitro groups is 1. The summed E-state index contributed by atoms with van der Waals surface area (Å²) < 4.78 is 1.86. The Hall–Kier alpha value is -2.61. The van der Waals surface area contributed by atoms with Gasteiger partial charge in [-0.25, -0.2) is 0 Å². The van der Waals surface area contributed by atoms with Gasteiger partial charge in [0.25, 0.3) is 5.69 Å². The second-order valence-corrected chi connectivity index (χ2v) is 3.87. The van der Waals surface area contributed by atoms with Gasteiger partial charge >= 0.3 is 0 Å². The van der Waals surface area contributed by atoms with Gasteiger partial charge in [-0.15, -0.1) is 0 Å². The number of non-ortho nitro benzene ring substituents is 1. The summed E-state index contributed by atoms with van der Waals surface area (Å²) in [4.78, 5) is 10.1. The monoisotopic (exact) mass is 241 g/mol. The summed E-state index contributed by atoms with van der Waals surface area (Å²) in [6.07, 6.45) is 2.59. The maximum atomic E-state index is 10.5. The lowest BCUT2D eigenvalue weighted by atomic mass is 10.1. The Bertz CT molecular complexity index is 593. The number of nitro benzene ring substituents is 1. The summed E-state index contributed by atoms with van der Waals surface area (Å²) in [6, 6.07) is 12.2. The summed E-state index contributed by atoms with van der Waals surface area (Å²) >= 11 is 0. The number of aromatic nitrogens is 1. The third-order valence-electron chi connectivity index (χ3n) is 2.73. The fourth-order valence-corrected chi connectivity index (χ4v) is 1.74. The zero-order valence-corrected chi connectivity index (χ0v) is 9.61. The molecule has 0 spiro atoms. The fraction of sp³-hybridized carbons (Fsp3) is 0.154. The van der Waals surface area contributed by atoms with E-state index < -0.39 is 4.92 Å². The highest BCUT2D eigenvalue weighted by Gasteiger charge is 2.04. The predicted octanol–water partition coefficient (Wildman–Crippen LogP) is 2.51. The first-order valence-electron chi connectivity index (χ1n) is 5.49. The lowest BCUT2D eigenvalue weighted by Gasteiger charge is -2.04. The molecule has 0 radical (unpaired) electrons. The molecule has 5 nitrogen and oxygen atoms in total. The number of rotatable bonds is 4. The Labute approximate surface area is 104 Å². The number of benzene rings is 1. The van der Waals surface area contributed by atoms with Gasteiger partial charge in [-0.1, -0.05) is 12.1 Å². The SMILES string of the molecule is N#Cc1cccn1CCc1ccc([N+](=O)[O-])cc1. The Morgan fingerprint density at radius 3 is 2.61 bits per heavy atom. The molecule has 0 bridgehead atoms. The first-order valence-corrected chi connectivity index (χ1v) is 5.49. The fourth-order valence-electron chi connectivity index (χ4n) is 1.74. The molecule has 0 N–H and O–H groups in total. The van der Waals surface area contributed by atoms with Gasteiger partial charge in [-0.3, -0.25) is 10.1 Å². The van der Waals surface area contributed by atoms with E-state index in [0.29, 0.717) is 12.2 Å². The summed E-state index contributed by atoms with van der Waals surface area (Å²) in [5.74, 6) is 0. The van der Waals surface area contributed by atoms with E-state index >= 15 is 0 Å². The number of nitriles is 1. The van der Waals surface area contributed by atoms with Gasteiger partial charge in [0.1, 0.15) is 11.8 Å². The summed E-state index contributed by atoms with van der Waals surface area (Å²) in [5.41, 5.74) is 1.73. The van der Waals surface area contributed by atoms with Crippen molar-refractivity contribution in [3.8, 4) is 6.07 Å². The highest BCUT2D eigenvalue weighted by molar-refractivity contribution is 5.33. The van der Waals surface area contributed by atoms with Crippen LogP contribution in [0.2, 0.25) is 0 Å². The van der Waals surface area contributed by atoms with E-state index in [0.717, 1.165) is 12.0 Å². The third kappa shape index (κ3) is 2.55. The largest absolute Gasteiger partial charge is 0.339 e. The molecular weight excluding hydrogens is 230 g/mol. The van der Waals surface area contributed by atoms with Crippen LogP contribution in [0.15, 0.2) is 42.6 Å². The summed E-state index contributed by atoms with van der Waals surface area (Å²) in [5, 5.41) is 19.4. The first kappa shape index (κ1) is 11.9. The zero-order valence-electron chi connectivity index (χ0n) is 9.61. The second kappa shape index (κ2) is 5.15. The van der Waals surface area contributed by atoms with Crippen LogP contribution in [-0.4, -0.2) is 9.49 Å². The Morgan fingerprint density at radius 2 is 2.00 bits per heavy atom. The summed E-state index contributed by atoms with van der Waals surface area (Å²) in [6.45, 7) is 0.688. The van der Waals surface area contributed by atoms with E-state index in [4.69, 9.17) is 5.26 Å². The zero-order chi connectivity index (χ0) is 13.0.